The van der Waals surface area contributed by atoms with Gasteiger partial charge in [0.25, 0.3) is 0 Å². The molecule has 0 saturated carbocycles. The lowest BCUT2D eigenvalue weighted by Gasteiger charge is -2.31. The summed E-state index contributed by atoms with van der Waals surface area (Å²) in [6.07, 6.45) is 0.946. The first-order valence-electron chi connectivity index (χ1n) is 10.6. The van der Waals surface area contributed by atoms with Crippen LogP contribution in [-0.4, -0.2) is 54.2 Å². The number of piperidine rings is 1. The van der Waals surface area contributed by atoms with Gasteiger partial charge in [0.1, 0.15) is 11.6 Å². The highest BCUT2D eigenvalue weighted by atomic mass is 19.1. The van der Waals surface area contributed by atoms with Crippen molar-refractivity contribution in [2.24, 2.45) is 5.92 Å². The van der Waals surface area contributed by atoms with E-state index < -0.39 is 23.3 Å². The van der Waals surface area contributed by atoms with Crippen LogP contribution in [0.15, 0.2) is 48.5 Å². The number of likely N-dealkylation sites (tertiary alicyclic amines) is 1. The fourth-order valence-corrected chi connectivity index (χ4v) is 3.80. The maximum Gasteiger partial charge on any atom is 0.317 e. The number of hydrogen-bond acceptors (Lipinski definition) is 3. The average molecular weight is 443 g/mol. The quantitative estimate of drug-likeness (QED) is 0.665. The van der Waals surface area contributed by atoms with Crippen LogP contribution in [0, 0.1) is 17.6 Å². The zero-order chi connectivity index (χ0) is 23.1. The van der Waals surface area contributed by atoms with Crippen LogP contribution in [-0.2, 0) is 11.3 Å². The zero-order valence-electron chi connectivity index (χ0n) is 18.0. The molecule has 3 amide bonds. The molecule has 0 bridgehead atoms. The molecule has 1 aliphatic rings. The number of carbonyl (C=O) groups is 3. The van der Waals surface area contributed by atoms with Crippen molar-refractivity contribution in [3.63, 3.8) is 0 Å². The Balaban J connectivity index is 1.40. The summed E-state index contributed by atoms with van der Waals surface area (Å²) in [5.74, 6) is -2.37. The van der Waals surface area contributed by atoms with E-state index in [-0.39, 0.29) is 30.5 Å². The first kappa shape index (κ1) is 23.4. The van der Waals surface area contributed by atoms with Crippen LogP contribution in [0.25, 0.3) is 0 Å². The molecule has 0 aliphatic carbocycles. The third-order valence-corrected chi connectivity index (χ3v) is 5.64. The molecule has 1 N–H and O–H groups in total. The van der Waals surface area contributed by atoms with Crippen LogP contribution in [0.5, 0.6) is 0 Å². The van der Waals surface area contributed by atoms with Crippen molar-refractivity contribution in [3.05, 3.63) is 71.3 Å². The highest BCUT2D eigenvalue weighted by molar-refractivity contribution is 5.98. The normalized spacial score (nSPS) is 14.2. The molecule has 3 rings (SSSR count). The largest absolute Gasteiger partial charge is 0.343 e. The minimum absolute atomic E-state index is 0.112. The van der Waals surface area contributed by atoms with Gasteiger partial charge in [0.2, 0.25) is 5.91 Å². The van der Waals surface area contributed by atoms with Gasteiger partial charge in [-0.3, -0.25) is 9.59 Å². The topological polar surface area (TPSA) is 69.7 Å². The van der Waals surface area contributed by atoms with Gasteiger partial charge in [0.15, 0.2) is 5.78 Å². The Kier molecular flexibility index (Phi) is 7.92. The van der Waals surface area contributed by atoms with Crippen LogP contribution in [0.1, 0.15) is 35.2 Å². The van der Waals surface area contributed by atoms with Crippen molar-refractivity contribution in [3.8, 4) is 0 Å². The molecule has 0 unspecified atom stereocenters. The van der Waals surface area contributed by atoms with Gasteiger partial charge in [-0.15, -0.1) is 0 Å². The van der Waals surface area contributed by atoms with Crippen molar-refractivity contribution < 1.29 is 23.2 Å². The predicted molar refractivity (Wildman–Crippen MR) is 116 cm³/mol. The number of nitrogens with zero attached hydrogens (tertiary/aromatic N) is 2. The van der Waals surface area contributed by atoms with E-state index in [1.165, 1.54) is 0 Å². The molecule has 2 aromatic carbocycles. The maximum absolute atomic E-state index is 13.9. The molecule has 170 valence electrons. The number of hydrogen-bond donors (Lipinski definition) is 1. The van der Waals surface area contributed by atoms with Gasteiger partial charge in [0.05, 0.1) is 5.56 Å². The Morgan fingerprint density at radius 2 is 1.75 bits per heavy atom. The Morgan fingerprint density at radius 3 is 2.44 bits per heavy atom. The number of carbonyl (C=O) groups excluding carboxylic acids is 3. The van der Waals surface area contributed by atoms with Gasteiger partial charge in [0, 0.05) is 45.6 Å². The zero-order valence-corrected chi connectivity index (χ0v) is 18.0. The minimum Gasteiger partial charge on any atom is -0.343 e. The Morgan fingerprint density at radius 1 is 1.06 bits per heavy atom. The van der Waals surface area contributed by atoms with Gasteiger partial charge in [-0.05, 0) is 36.6 Å². The second-order valence-electron chi connectivity index (χ2n) is 7.97. The van der Waals surface area contributed by atoms with Gasteiger partial charge >= 0.3 is 6.03 Å². The Labute approximate surface area is 186 Å². The summed E-state index contributed by atoms with van der Waals surface area (Å²) in [7, 11) is 1.69. The number of amides is 3. The molecule has 0 spiro atoms. The van der Waals surface area contributed by atoms with Crippen LogP contribution >= 0.6 is 0 Å². The minimum atomic E-state index is -0.733. The first-order valence-corrected chi connectivity index (χ1v) is 10.6. The summed E-state index contributed by atoms with van der Waals surface area (Å²) in [6.45, 7) is 1.42. The molecule has 32 heavy (non-hydrogen) atoms. The highest BCUT2D eigenvalue weighted by Gasteiger charge is 2.29. The summed E-state index contributed by atoms with van der Waals surface area (Å²) >= 11 is 0. The van der Waals surface area contributed by atoms with Gasteiger partial charge < -0.3 is 15.1 Å². The van der Waals surface area contributed by atoms with E-state index in [2.05, 4.69) is 5.32 Å². The standard InChI is InChI=1S/C24H27F2N3O3/c1-28(16-17-5-3-2-4-6-17)24(32)27-12-9-22(30)29-13-10-18(11-14-29)23(31)20-15-19(25)7-8-21(20)26/h2-8,15,18H,9-14,16H2,1H3,(H,27,32). The molecule has 6 nitrogen and oxygen atoms in total. The number of ketones is 1. The lowest BCUT2D eigenvalue weighted by atomic mass is 9.88. The number of rotatable bonds is 7. The number of nitrogens with one attached hydrogen (secondary N) is 1. The van der Waals surface area contributed by atoms with Crippen molar-refractivity contribution in [1.82, 2.24) is 15.1 Å². The van der Waals surface area contributed by atoms with Crippen molar-refractivity contribution in [2.45, 2.75) is 25.8 Å². The third-order valence-electron chi connectivity index (χ3n) is 5.64. The molecule has 1 fully saturated rings. The van der Waals surface area contributed by atoms with E-state index >= 15 is 0 Å². The fraction of sp³-hybridized carbons (Fsp3) is 0.375. The lowest BCUT2D eigenvalue weighted by molar-refractivity contribution is -0.132. The Hall–Kier alpha value is -3.29. The van der Waals surface area contributed by atoms with E-state index in [1.807, 2.05) is 30.3 Å². The first-order chi connectivity index (χ1) is 15.3. The summed E-state index contributed by atoms with van der Waals surface area (Å²) < 4.78 is 27.2. The monoisotopic (exact) mass is 443 g/mol. The van der Waals surface area contributed by atoms with E-state index in [1.54, 1.807) is 16.8 Å². The number of urea groups is 1. The number of Topliss-reactive ketones (excluding diaryl/α,β-unsaturated/α-hetero) is 1. The molecule has 0 atom stereocenters. The maximum atomic E-state index is 13.9. The number of benzene rings is 2. The summed E-state index contributed by atoms with van der Waals surface area (Å²) in [6, 6.07) is 12.2. The second kappa shape index (κ2) is 10.8. The fourth-order valence-electron chi connectivity index (χ4n) is 3.80. The van der Waals surface area contributed by atoms with E-state index in [0.717, 1.165) is 23.8 Å². The molecule has 2 aromatic rings. The van der Waals surface area contributed by atoms with Gasteiger partial charge in [-0.25, -0.2) is 13.6 Å². The van der Waals surface area contributed by atoms with Crippen molar-refractivity contribution in [2.75, 3.05) is 26.7 Å². The predicted octanol–water partition coefficient (Wildman–Crippen LogP) is 3.62. The van der Waals surface area contributed by atoms with E-state index in [0.29, 0.717) is 32.5 Å². The van der Waals surface area contributed by atoms with Crippen molar-refractivity contribution in [1.29, 1.82) is 0 Å². The SMILES string of the molecule is CN(Cc1ccccc1)C(=O)NCCC(=O)N1CCC(C(=O)c2cc(F)ccc2F)CC1. The van der Waals surface area contributed by atoms with Crippen molar-refractivity contribution >= 4 is 17.7 Å². The summed E-state index contributed by atoms with van der Waals surface area (Å²) in [4.78, 5) is 40.4. The van der Waals surface area contributed by atoms with E-state index in [4.69, 9.17) is 0 Å². The smallest absolute Gasteiger partial charge is 0.317 e. The lowest BCUT2D eigenvalue weighted by Crippen LogP contribution is -2.42. The molecule has 1 saturated heterocycles. The molecule has 8 heteroatoms. The summed E-state index contributed by atoms with van der Waals surface area (Å²) in [5.41, 5.74) is 0.772. The molecule has 0 radical (unpaired) electrons. The summed E-state index contributed by atoms with van der Waals surface area (Å²) in [5, 5.41) is 2.74. The van der Waals surface area contributed by atoms with Gasteiger partial charge in [-0.1, -0.05) is 30.3 Å². The third kappa shape index (κ3) is 6.12. The second-order valence-corrected chi connectivity index (χ2v) is 7.97. The van der Waals surface area contributed by atoms with Crippen LogP contribution in [0.4, 0.5) is 13.6 Å². The molecular formula is C24H27F2N3O3. The van der Waals surface area contributed by atoms with Crippen LogP contribution in [0.3, 0.4) is 0 Å². The highest BCUT2D eigenvalue weighted by Crippen LogP contribution is 2.24. The molecule has 1 aliphatic heterocycles. The van der Waals surface area contributed by atoms with Gasteiger partial charge in [-0.2, -0.15) is 0 Å². The molecule has 0 aromatic heterocycles. The van der Waals surface area contributed by atoms with Crippen LogP contribution in [0.2, 0.25) is 0 Å². The molecule has 1 heterocycles. The molecular weight excluding hydrogens is 416 g/mol. The Bertz CT molecular complexity index is 960. The average Bonchev–Trinajstić information content (AvgIpc) is 2.80. The van der Waals surface area contributed by atoms with E-state index in [9.17, 15) is 23.2 Å². The number of halogens is 2. The van der Waals surface area contributed by atoms with Crippen LogP contribution < -0.4 is 5.32 Å².